The number of nitrogens with zero attached hydrogens (tertiary/aromatic N) is 2. The molecule has 0 bridgehead atoms. The largest absolute Gasteiger partial charge is 0.493 e. The summed E-state index contributed by atoms with van der Waals surface area (Å²) in [6.45, 7) is 0.517. The first-order valence-corrected chi connectivity index (χ1v) is 6.11. The Bertz CT molecular complexity index is 537. The first-order valence-electron chi connectivity index (χ1n) is 6.11. The predicted molar refractivity (Wildman–Crippen MR) is 71.3 cm³/mol. The lowest BCUT2D eigenvalue weighted by Crippen LogP contribution is -2.07. The first-order chi connectivity index (χ1) is 9.24. The zero-order valence-corrected chi connectivity index (χ0v) is 11.2. The van der Waals surface area contributed by atoms with E-state index in [9.17, 15) is 0 Å². The van der Waals surface area contributed by atoms with Crippen LogP contribution in [0.25, 0.3) is 0 Å². The molecule has 2 aromatic rings. The molecule has 0 amide bonds. The second-order valence-corrected chi connectivity index (χ2v) is 4.20. The Hall–Kier alpha value is -2.01. The molecule has 0 aliphatic rings. The first kappa shape index (κ1) is 13.4. The monoisotopic (exact) mass is 262 g/mol. The summed E-state index contributed by atoms with van der Waals surface area (Å²) in [4.78, 5) is 4.24. The number of imidazole rings is 1. The molecule has 0 atom stereocenters. The fourth-order valence-corrected chi connectivity index (χ4v) is 1.82. The average Bonchev–Trinajstić information content (AvgIpc) is 2.84. The zero-order chi connectivity index (χ0) is 13.7. The van der Waals surface area contributed by atoms with E-state index in [1.807, 2.05) is 29.9 Å². The molecule has 102 valence electrons. The molecule has 1 aromatic carbocycles. The van der Waals surface area contributed by atoms with Gasteiger partial charge < -0.3 is 19.1 Å². The highest BCUT2D eigenvalue weighted by Crippen LogP contribution is 2.28. The van der Waals surface area contributed by atoms with Crippen molar-refractivity contribution in [2.45, 2.75) is 13.0 Å². The van der Waals surface area contributed by atoms with Crippen LogP contribution in [0.15, 0.2) is 30.6 Å². The van der Waals surface area contributed by atoms with Gasteiger partial charge in [-0.2, -0.15) is 0 Å². The minimum atomic E-state index is -0.0100. The van der Waals surface area contributed by atoms with Crippen LogP contribution in [-0.2, 0) is 20.1 Å². The molecule has 2 rings (SSSR count). The van der Waals surface area contributed by atoms with E-state index in [1.54, 1.807) is 19.4 Å². The molecule has 1 heterocycles. The molecule has 1 N–H and O–H groups in total. The number of ether oxygens (including phenoxy) is 2. The fraction of sp³-hybridized carbons (Fsp3) is 0.357. The van der Waals surface area contributed by atoms with Crippen LogP contribution in [0.3, 0.4) is 0 Å². The third-order valence-corrected chi connectivity index (χ3v) is 2.91. The van der Waals surface area contributed by atoms with Crippen LogP contribution in [0.5, 0.6) is 11.5 Å². The summed E-state index contributed by atoms with van der Waals surface area (Å²) in [5.41, 5.74) is 0.799. The SMILES string of the molecule is COc1cc(CO)ccc1OCCc1nccn1C. The number of aliphatic hydroxyl groups is 1. The Morgan fingerprint density at radius 1 is 1.32 bits per heavy atom. The van der Waals surface area contributed by atoms with Gasteiger partial charge in [0, 0.05) is 25.9 Å². The maximum atomic E-state index is 9.07. The minimum Gasteiger partial charge on any atom is -0.493 e. The molecule has 0 radical (unpaired) electrons. The highest BCUT2D eigenvalue weighted by Gasteiger charge is 2.06. The molecule has 0 saturated carbocycles. The lowest BCUT2D eigenvalue weighted by Gasteiger charge is -2.11. The highest BCUT2D eigenvalue weighted by atomic mass is 16.5. The Labute approximate surface area is 112 Å². The number of hydrogen-bond acceptors (Lipinski definition) is 4. The maximum Gasteiger partial charge on any atom is 0.161 e. The second-order valence-electron chi connectivity index (χ2n) is 4.20. The summed E-state index contributed by atoms with van der Waals surface area (Å²) in [6, 6.07) is 5.40. The number of aromatic nitrogens is 2. The van der Waals surface area contributed by atoms with Gasteiger partial charge in [0.25, 0.3) is 0 Å². The molecule has 5 nitrogen and oxygen atoms in total. The zero-order valence-electron chi connectivity index (χ0n) is 11.2. The topological polar surface area (TPSA) is 56.5 Å². The molecular weight excluding hydrogens is 244 g/mol. The smallest absolute Gasteiger partial charge is 0.161 e. The van der Waals surface area contributed by atoms with E-state index in [2.05, 4.69) is 4.98 Å². The lowest BCUT2D eigenvalue weighted by atomic mass is 10.2. The standard InChI is InChI=1S/C14H18N2O3/c1-16-7-6-15-14(16)5-8-19-12-4-3-11(10-17)9-13(12)18-2/h3-4,6-7,9,17H,5,8,10H2,1-2H3. The van der Waals surface area contributed by atoms with E-state index in [0.29, 0.717) is 18.1 Å². The Morgan fingerprint density at radius 3 is 2.79 bits per heavy atom. The van der Waals surface area contributed by atoms with E-state index in [-0.39, 0.29) is 6.61 Å². The van der Waals surface area contributed by atoms with Crippen molar-refractivity contribution < 1.29 is 14.6 Å². The molecule has 0 spiro atoms. The molecule has 0 aliphatic heterocycles. The van der Waals surface area contributed by atoms with E-state index in [1.165, 1.54) is 0 Å². The molecular formula is C14H18N2O3. The van der Waals surface area contributed by atoms with Crippen molar-refractivity contribution in [2.24, 2.45) is 7.05 Å². The van der Waals surface area contributed by atoms with Crippen LogP contribution in [0.2, 0.25) is 0 Å². The van der Waals surface area contributed by atoms with Crippen molar-refractivity contribution in [2.75, 3.05) is 13.7 Å². The average molecular weight is 262 g/mol. The summed E-state index contributed by atoms with van der Waals surface area (Å²) in [7, 11) is 3.54. The van der Waals surface area contributed by atoms with Gasteiger partial charge in [0.05, 0.1) is 20.3 Å². The van der Waals surface area contributed by atoms with E-state index < -0.39 is 0 Å². The Kier molecular flexibility index (Phi) is 4.41. The molecule has 5 heteroatoms. The van der Waals surface area contributed by atoms with Gasteiger partial charge in [-0.15, -0.1) is 0 Å². The van der Waals surface area contributed by atoms with Gasteiger partial charge in [-0.3, -0.25) is 0 Å². The van der Waals surface area contributed by atoms with Crippen molar-refractivity contribution >= 4 is 0 Å². The summed E-state index contributed by atoms with van der Waals surface area (Å²) >= 11 is 0. The number of aliphatic hydroxyl groups excluding tert-OH is 1. The molecule has 19 heavy (non-hydrogen) atoms. The van der Waals surface area contributed by atoms with Gasteiger partial charge in [-0.25, -0.2) is 4.98 Å². The minimum absolute atomic E-state index is 0.0100. The van der Waals surface area contributed by atoms with Gasteiger partial charge in [0.15, 0.2) is 11.5 Å². The third kappa shape index (κ3) is 3.26. The quantitative estimate of drug-likeness (QED) is 0.858. The summed E-state index contributed by atoms with van der Waals surface area (Å²) < 4.78 is 12.9. The van der Waals surface area contributed by atoms with Crippen LogP contribution >= 0.6 is 0 Å². The van der Waals surface area contributed by atoms with Gasteiger partial charge in [-0.1, -0.05) is 6.07 Å². The predicted octanol–water partition coefficient (Wildman–Crippen LogP) is 1.54. The highest BCUT2D eigenvalue weighted by molar-refractivity contribution is 5.42. The van der Waals surface area contributed by atoms with Crippen molar-refractivity contribution in [1.29, 1.82) is 0 Å². The van der Waals surface area contributed by atoms with Crippen molar-refractivity contribution in [3.05, 3.63) is 42.0 Å². The van der Waals surface area contributed by atoms with Gasteiger partial charge in [-0.05, 0) is 17.7 Å². The second kappa shape index (κ2) is 6.24. The van der Waals surface area contributed by atoms with Crippen molar-refractivity contribution in [1.82, 2.24) is 9.55 Å². The van der Waals surface area contributed by atoms with Crippen molar-refractivity contribution in [3.63, 3.8) is 0 Å². The fourth-order valence-electron chi connectivity index (χ4n) is 1.82. The van der Waals surface area contributed by atoms with Crippen LogP contribution in [0, 0.1) is 0 Å². The van der Waals surface area contributed by atoms with Gasteiger partial charge in [0.2, 0.25) is 0 Å². The van der Waals surface area contributed by atoms with E-state index in [0.717, 1.165) is 17.8 Å². The Balaban J connectivity index is 1.97. The van der Waals surface area contributed by atoms with Crippen LogP contribution in [0.4, 0.5) is 0 Å². The third-order valence-electron chi connectivity index (χ3n) is 2.91. The van der Waals surface area contributed by atoms with E-state index >= 15 is 0 Å². The molecule has 0 unspecified atom stereocenters. The van der Waals surface area contributed by atoms with Crippen LogP contribution in [0.1, 0.15) is 11.4 Å². The van der Waals surface area contributed by atoms with Crippen molar-refractivity contribution in [3.8, 4) is 11.5 Å². The summed E-state index contributed by atoms with van der Waals surface area (Å²) in [5.74, 6) is 2.28. The lowest BCUT2D eigenvalue weighted by molar-refractivity contribution is 0.277. The molecule has 0 fully saturated rings. The number of methoxy groups -OCH3 is 1. The number of benzene rings is 1. The molecule has 0 saturated heterocycles. The van der Waals surface area contributed by atoms with E-state index in [4.69, 9.17) is 14.6 Å². The number of rotatable bonds is 6. The summed E-state index contributed by atoms with van der Waals surface area (Å²) in [6.07, 6.45) is 4.41. The summed E-state index contributed by atoms with van der Waals surface area (Å²) in [5, 5.41) is 9.07. The van der Waals surface area contributed by atoms with Gasteiger partial charge >= 0.3 is 0 Å². The van der Waals surface area contributed by atoms with Crippen LogP contribution in [-0.4, -0.2) is 28.4 Å². The normalized spacial score (nSPS) is 10.5. The Morgan fingerprint density at radius 2 is 2.16 bits per heavy atom. The molecule has 1 aromatic heterocycles. The maximum absolute atomic E-state index is 9.07. The molecule has 0 aliphatic carbocycles. The number of aryl methyl sites for hydroxylation is 1. The van der Waals surface area contributed by atoms with Gasteiger partial charge in [0.1, 0.15) is 5.82 Å². The van der Waals surface area contributed by atoms with Crippen LogP contribution < -0.4 is 9.47 Å². The number of hydrogen-bond donors (Lipinski definition) is 1.